The number of rotatable bonds is 5. The number of aliphatic hydroxyl groups is 1. The van der Waals surface area contributed by atoms with Gasteiger partial charge in [0.1, 0.15) is 0 Å². The fraction of sp³-hybridized carbons (Fsp3) is 0.385. The molecule has 1 rings (SSSR count). The van der Waals surface area contributed by atoms with E-state index in [1.54, 1.807) is 0 Å². The first-order chi connectivity index (χ1) is 7.03. The van der Waals surface area contributed by atoms with Crippen LogP contribution >= 0.6 is 15.9 Å². The number of halogens is 1. The molecule has 15 heavy (non-hydrogen) atoms. The molecule has 1 N–H and O–H groups in total. The van der Waals surface area contributed by atoms with Crippen LogP contribution in [0.3, 0.4) is 0 Å². The summed E-state index contributed by atoms with van der Waals surface area (Å²) in [6.07, 6.45) is 4.12. The first kappa shape index (κ1) is 12.5. The zero-order valence-electron chi connectivity index (χ0n) is 9.04. The van der Waals surface area contributed by atoms with Crippen LogP contribution in [0.4, 0.5) is 0 Å². The quantitative estimate of drug-likeness (QED) is 0.808. The van der Waals surface area contributed by atoms with E-state index in [1.807, 2.05) is 37.3 Å². The highest BCUT2D eigenvalue weighted by molar-refractivity contribution is 9.10. The Bertz CT molecular complexity index is 331. The summed E-state index contributed by atoms with van der Waals surface area (Å²) in [4.78, 5) is 0. The summed E-state index contributed by atoms with van der Waals surface area (Å²) in [5.41, 5.74) is 0.507. The molecule has 0 aliphatic carbocycles. The van der Waals surface area contributed by atoms with Gasteiger partial charge in [-0.15, -0.1) is 6.58 Å². The lowest BCUT2D eigenvalue weighted by molar-refractivity contribution is 0.0523. The number of allylic oxidation sites excluding steroid dienone is 1. The monoisotopic (exact) mass is 268 g/mol. The van der Waals surface area contributed by atoms with E-state index in [1.165, 1.54) is 0 Å². The van der Waals surface area contributed by atoms with Gasteiger partial charge >= 0.3 is 0 Å². The van der Waals surface area contributed by atoms with E-state index in [0.29, 0.717) is 6.42 Å². The lowest BCUT2D eigenvalue weighted by Gasteiger charge is -2.22. The fourth-order valence-electron chi connectivity index (χ4n) is 1.59. The summed E-state index contributed by atoms with van der Waals surface area (Å²) in [5, 5.41) is 10.1. The molecule has 0 radical (unpaired) electrons. The zero-order valence-corrected chi connectivity index (χ0v) is 10.6. The number of hydrogen-bond acceptors (Lipinski definition) is 1. The molecule has 0 bridgehead atoms. The van der Waals surface area contributed by atoms with Gasteiger partial charge in [0.2, 0.25) is 0 Å². The summed E-state index contributed by atoms with van der Waals surface area (Å²) in [6.45, 7) is 5.54. The topological polar surface area (TPSA) is 20.2 Å². The third-order valence-electron chi connectivity index (χ3n) is 2.36. The van der Waals surface area contributed by atoms with Gasteiger partial charge in [0.05, 0.1) is 5.60 Å². The maximum Gasteiger partial charge on any atom is 0.0662 e. The molecule has 0 heterocycles. The highest BCUT2D eigenvalue weighted by Gasteiger charge is 2.19. The van der Waals surface area contributed by atoms with Crippen molar-refractivity contribution in [2.75, 3.05) is 0 Å². The fourth-order valence-corrected chi connectivity index (χ4v) is 2.03. The second-order valence-electron chi connectivity index (χ2n) is 4.13. The van der Waals surface area contributed by atoms with Gasteiger partial charge in [0.25, 0.3) is 0 Å². The maximum atomic E-state index is 10.1. The van der Waals surface area contributed by atoms with Crippen LogP contribution in [0.1, 0.15) is 25.3 Å². The molecule has 0 fully saturated rings. The molecule has 0 amide bonds. The molecule has 2 heteroatoms. The average molecular weight is 269 g/mol. The Morgan fingerprint density at radius 1 is 1.53 bits per heavy atom. The lowest BCUT2D eigenvalue weighted by atomic mass is 9.92. The van der Waals surface area contributed by atoms with Gasteiger partial charge in [0, 0.05) is 10.9 Å². The van der Waals surface area contributed by atoms with E-state index in [9.17, 15) is 5.11 Å². The molecule has 1 nitrogen and oxygen atoms in total. The molecule has 1 aromatic carbocycles. The Morgan fingerprint density at radius 2 is 2.27 bits per heavy atom. The van der Waals surface area contributed by atoms with E-state index < -0.39 is 5.60 Å². The van der Waals surface area contributed by atoms with Crippen molar-refractivity contribution >= 4 is 15.9 Å². The Kier molecular flexibility index (Phi) is 4.55. The summed E-state index contributed by atoms with van der Waals surface area (Å²) in [5.74, 6) is 0. The Labute approximate surface area is 100.0 Å². The van der Waals surface area contributed by atoms with E-state index in [2.05, 4.69) is 22.5 Å². The van der Waals surface area contributed by atoms with Crippen LogP contribution in [0.2, 0.25) is 0 Å². The van der Waals surface area contributed by atoms with Gasteiger partial charge in [-0.05, 0) is 37.5 Å². The van der Waals surface area contributed by atoms with Crippen molar-refractivity contribution in [3.05, 3.63) is 47.0 Å². The predicted molar refractivity (Wildman–Crippen MR) is 67.9 cm³/mol. The molecule has 82 valence electrons. The molecule has 0 spiro atoms. The highest BCUT2D eigenvalue weighted by Crippen LogP contribution is 2.21. The minimum atomic E-state index is -0.644. The molecule has 0 aliphatic heterocycles. The van der Waals surface area contributed by atoms with Crippen molar-refractivity contribution in [2.24, 2.45) is 0 Å². The molecular formula is C13H17BrO. The van der Waals surface area contributed by atoms with E-state index in [0.717, 1.165) is 22.9 Å². The molecule has 1 aromatic rings. The zero-order chi connectivity index (χ0) is 11.3. The van der Waals surface area contributed by atoms with Crippen molar-refractivity contribution in [3.63, 3.8) is 0 Å². The van der Waals surface area contributed by atoms with E-state index in [4.69, 9.17) is 0 Å². The molecule has 0 aliphatic rings. The summed E-state index contributed by atoms with van der Waals surface area (Å²) >= 11 is 3.42. The second kappa shape index (κ2) is 5.47. The third-order valence-corrected chi connectivity index (χ3v) is 2.85. The van der Waals surface area contributed by atoms with Crippen LogP contribution in [0.25, 0.3) is 0 Å². The van der Waals surface area contributed by atoms with Gasteiger partial charge < -0.3 is 5.11 Å². The number of hydrogen-bond donors (Lipinski definition) is 1. The summed E-state index contributed by atoms with van der Waals surface area (Å²) in [7, 11) is 0. The van der Waals surface area contributed by atoms with Gasteiger partial charge in [0.15, 0.2) is 0 Å². The van der Waals surface area contributed by atoms with Crippen LogP contribution < -0.4 is 0 Å². The van der Waals surface area contributed by atoms with Gasteiger partial charge in [-0.2, -0.15) is 0 Å². The van der Waals surface area contributed by atoms with Crippen LogP contribution in [-0.4, -0.2) is 10.7 Å². The minimum absolute atomic E-state index is 0.644. The van der Waals surface area contributed by atoms with Gasteiger partial charge in [-0.3, -0.25) is 0 Å². The molecular weight excluding hydrogens is 252 g/mol. The average Bonchev–Trinajstić information content (AvgIpc) is 2.14. The van der Waals surface area contributed by atoms with Crippen molar-refractivity contribution in [2.45, 2.75) is 31.8 Å². The van der Waals surface area contributed by atoms with Crippen LogP contribution in [0, 0.1) is 0 Å². The van der Waals surface area contributed by atoms with Crippen LogP contribution in [0.15, 0.2) is 41.4 Å². The normalized spacial score (nSPS) is 14.6. The van der Waals surface area contributed by atoms with Crippen molar-refractivity contribution in [3.8, 4) is 0 Å². The standard InChI is InChI=1S/C13H17BrO/c1-3-4-8-13(2,15)10-11-6-5-7-12(14)9-11/h3,5-7,9,15H,1,4,8,10H2,2H3. The molecule has 1 unspecified atom stereocenters. The minimum Gasteiger partial charge on any atom is -0.390 e. The van der Waals surface area contributed by atoms with E-state index >= 15 is 0 Å². The first-order valence-electron chi connectivity index (χ1n) is 5.11. The van der Waals surface area contributed by atoms with E-state index in [-0.39, 0.29) is 0 Å². The Hall–Kier alpha value is -0.600. The van der Waals surface area contributed by atoms with Gasteiger partial charge in [-0.25, -0.2) is 0 Å². The predicted octanol–water partition coefficient (Wildman–Crippen LogP) is 3.71. The Morgan fingerprint density at radius 3 is 2.87 bits per heavy atom. The largest absolute Gasteiger partial charge is 0.390 e. The van der Waals surface area contributed by atoms with Gasteiger partial charge in [-0.1, -0.05) is 34.1 Å². The number of benzene rings is 1. The second-order valence-corrected chi connectivity index (χ2v) is 5.05. The maximum absolute atomic E-state index is 10.1. The summed E-state index contributed by atoms with van der Waals surface area (Å²) < 4.78 is 1.06. The Balaban J connectivity index is 2.63. The summed E-state index contributed by atoms with van der Waals surface area (Å²) in [6, 6.07) is 8.06. The van der Waals surface area contributed by atoms with Crippen molar-refractivity contribution in [1.82, 2.24) is 0 Å². The molecule has 0 aromatic heterocycles. The van der Waals surface area contributed by atoms with Crippen LogP contribution in [0.5, 0.6) is 0 Å². The lowest BCUT2D eigenvalue weighted by Crippen LogP contribution is -2.26. The molecule has 1 atom stereocenters. The molecule has 0 saturated heterocycles. The SMILES string of the molecule is C=CCCC(C)(O)Cc1cccc(Br)c1. The molecule has 0 saturated carbocycles. The van der Waals surface area contributed by atoms with Crippen LogP contribution in [-0.2, 0) is 6.42 Å². The smallest absolute Gasteiger partial charge is 0.0662 e. The third kappa shape index (κ3) is 4.63. The van der Waals surface area contributed by atoms with Crippen molar-refractivity contribution < 1.29 is 5.11 Å². The first-order valence-corrected chi connectivity index (χ1v) is 5.90. The van der Waals surface area contributed by atoms with Crippen molar-refractivity contribution in [1.29, 1.82) is 0 Å². The highest BCUT2D eigenvalue weighted by atomic mass is 79.9.